The van der Waals surface area contributed by atoms with Crippen LogP contribution in [-0.2, 0) is 9.59 Å². The number of hydrogen-bond acceptors (Lipinski definition) is 8. The van der Waals surface area contributed by atoms with Crippen molar-refractivity contribution < 1.29 is 24.2 Å². The number of nitrogens with zero attached hydrogens (tertiary/aromatic N) is 3. The fourth-order valence-corrected chi connectivity index (χ4v) is 4.69. The van der Waals surface area contributed by atoms with E-state index < -0.39 is 17.7 Å². The zero-order valence-electron chi connectivity index (χ0n) is 17.6. The van der Waals surface area contributed by atoms with Crippen LogP contribution in [0.4, 0.5) is 5.95 Å². The summed E-state index contributed by atoms with van der Waals surface area (Å²) >= 11 is 1.37. The summed E-state index contributed by atoms with van der Waals surface area (Å²) in [5.74, 6) is -0.696. The molecular weight excluding hydrogens is 444 g/mol. The molecule has 1 atom stereocenters. The number of aromatic amines is 1. The summed E-state index contributed by atoms with van der Waals surface area (Å²) in [4.78, 5) is 39.9. The number of anilines is 1. The number of hydrogen-bond donors (Lipinski definition) is 2. The molecule has 10 heteroatoms. The third kappa shape index (κ3) is 3.31. The molecule has 4 aromatic rings. The molecule has 5 rings (SSSR count). The second-order valence-electron chi connectivity index (χ2n) is 7.21. The van der Waals surface area contributed by atoms with E-state index >= 15 is 0 Å². The lowest BCUT2D eigenvalue weighted by Crippen LogP contribution is -2.30. The minimum Gasteiger partial charge on any atom is -0.507 e. The molecule has 1 amide bonds. The first-order valence-corrected chi connectivity index (χ1v) is 10.8. The van der Waals surface area contributed by atoms with Gasteiger partial charge in [0.2, 0.25) is 5.95 Å². The number of carbonyl (C=O) groups is 2. The average Bonchev–Trinajstić information content (AvgIpc) is 3.56. The molecule has 0 bridgehead atoms. The molecule has 166 valence electrons. The maximum Gasteiger partial charge on any atom is 0.302 e. The van der Waals surface area contributed by atoms with Crippen LogP contribution >= 0.6 is 11.3 Å². The van der Waals surface area contributed by atoms with Gasteiger partial charge in [-0.1, -0.05) is 6.07 Å². The Morgan fingerprint density at radius 1 is 1.12 bits per heavy atom. The number of aliphatic hydroxyl groups excluding tert-OH is 1. The number of imidazole rings is 1. The Balaban J connectivity index is 1.70. The molecule has 1 fully saturated rings. The number of carbonyl (C=O) groups excluding carboxylic acids is 2. The third-order valence-electron chi connectivity index (χ3n) is 5.41. The largest absolute Gasteiger partial charge is 0.507 e. The monoisotopic (exact) mass is 462 g/mol. The number of aromatic nitrogens is 3. The van der Waals surface area contributed by atoms with E-state index in [0.717, 1.165) is 0 Å². The van der Waals surface area contributed by atoms with Gasteiger partial charge in [-0.05, 0) is 23.6 Å². The van der Waals surface area contributed by atoms with Crippen molar-refractivity contribution in [1.29, 1.82) is 0 Å². The Morgan fingerprint density at radius 2 is 1.85 bits per heavy atom. The van der Waals surface area contributed by atoms with Crippen molar-refractivity contribution >= 4 is 45.8 Å². The van der Waals surface area contributed by atoms with Gasteiger partial charge in [0.15, 0.2) is 11.5 Å². The number of methoxy groups -OCH3 is 2. The number of ketones is 1. The van der Waals surface area contributed by atoms with Gasteiger partial charge in [0.05, 0.1) is 30.8 Å². The predicted molar refractivity (Wildman–Crippen MR) is 123 cm³/mol. The summed E-state index contributed by atoms with van der Waals surface area (Å²) < 4.78 is 10.7. The molecule has 33 heavy (non-hydrogen) atoms. The van der Waals surface area contributed by atoms with Crippen molar-refractivity contribution in [2.75, 3.05) is 19.1 Å². The van der Waals surface area contributed by atoms with Crippen LogP contribution < -0.4 is 14.4 Å². The smallest absolute Gasteiger partial charge is 0.302 e. The van der Waals surface area contributed by atoms with Crippen LogP contribution in [0.2, 0.25) is 0 Å². The summed E-state index contributed by atoms with van der Waals surface area (Å²) in [6.07, 6.45) is 3.01. The molecule has 0 spiro atoms. The summed E-state index contributed by atoms with van der Waals surface area (Å²) in [5.41, 5.74) is 1.51. The Labute approximate surface area is 191 Å². The second-order valence-corrected chi connectivity index (χ2v) is 8.18. The van der Waals surface area contributed by atoms with Gasteiger partial charge >= 0.3 is 5.91 Å². The molecule has 3 aromatic heterocycles. The van der Waals surface area contributed by atoms with E-state index in [0.29, 0.717) is 33.0 Å². The van der Waals surface area contributed by atoms with E-state index in [9.17, 15) is 14.7 Å². The number of H-pyrrole nitrogens is 1. The molecule has 2 N–H and O–H groups in total. The van der Waals surface area contributed by atoms with E-state index in [4.69, 9.17) is 9.47 Å². The van der Waals surface area contributed by atoms with Crippen molar-refractivity contribution in [3.05, 3.63) is 70.2 Å². The van der Waals surface area contributed by atoms with Crippen LogP contribution in [0.5, 0.6) is 11.5 Å². The Hall–Kier alpha value is -4.18. The first-order chi connectivity index (χ1) is 16.0. The summed E-state index contributed by atoms with van der Waals surface area (Å²) in [6.45, 7) is 0. The SMILES string of the molecule is COc1cc2nc(N3C(=O)C(=O)/C(=C(/O)c4ccncc4)C3c3cccs3)[nH]c2cc1OC. The number of nitrogens with one attached hydrogen (secondary N) is 1. The minimum absolute atomic E-state index is 0.00994. The number of fused-ring (bicyclic) bond motifs is 1. The molecule has 1 unspecified atom stereocenters. The number of pyridine rings is 1. The highest BCUT2D eigenvalue weighted by Gasteiger charge is 2.48. The van der Waals surface area contributed by atoms with Gasteiger partial charge in [0.1, 0.15) is 11.8 Å². The highest BCUT2D eigenvalue weighted by molar-refractivity contribution is 7.10. The van der Waals surface area contributed by atoms with Crippen molar-refractivity contribution in [3.63, 3.8) is 0 Å². The standard InChI is InChI=1S/C23H18N4O5S/c1-31-15-10-13-14(11-16(15)32-2)26-23(25-13)27-19(17-4-3-9-33-17)18(21(29)22(27)30)20(28)12-5-7-24-8-6-12/h3-11,19,28H,1-2H3,(H,25,26)/b20-18+. The van der Waals surface area contributed by atoms with Crippen LogP contribution in [0.25, 0.3) is 16.8 Å². The van der Waals surface area contributed by atoms with Gasteiger partial charge < -0.3 is 19.6 Å². The average molecular weight is 462 g/mol. The second kappa shape index (κ2) is 8.06. The molecule has 1 aromatic carbocycles. The molecule has 0 saturated carbocycles. The lowest BCUT2D eigenvalue weighted by Gasteiger charge is -2.21. The van der Waals surface area contributed by atoms with Crippen molar-refractivity contribution in [2.24, 2.45) is 0 Å². The zero-order chi connectivity index (χ0) is 23.1. The molecule has 1 aliphatic rings. The number of amides is 1. The van der Waals surface area contributed by atoms with E-state index in [1.54, 1.807) is 24.3 Å². The summed E-state index contributed by atoms with van der Waals surface area (Å²) in [5, 5.41) is 12.9. The third-order valence-corrected chi connectivity index (χ3v) is 6.34. The van der Waals surface area contributed by atoms with Crippen LogP contribution in [0.1, 0.15) is 16.5 Å². The maximum absolute atomic E-state index is 13.2. The van der Waals surface area contributed by atoms with Gasteiger partial charge in [-0.3, -0.25) is 19.5 Å². The molecule has 0 aliphatic carbocycles. The Kier molecular flexibility index (Phi) is 5.06. The quantitative estimate of drug-likeness (QED) is 0.264. The first kappa shape index (κ1) is 20.7. The molecule has 0 radical (unpaired) electrons. The lowest BCUT2D eigenvalue weighted by atomic mass is 10.0. The summed E-state index contributed by atoms with van der Waals surface area (Å²) in [6, 6.07) is 9.33. The number of rotatable bonds is 5. The van der Waals surface area contributed by atoms with Gasteiger partial charge in [0, 0.05) is 35.0 Å². The van der Waals surface area contributed by atoms with Crippen LogP contribution in [0.3, 0.4) is 0 Å². The fourth-order valence-electron chi connectivity index (χ4n) is 3.87. The van der Waals surface area contributed by atoms with Gasteiger partial charge in [-0.25, -0.2) is 4.98 Å². The van der Waals surface area contributed by atoms with Crippen molar-refractivity contribution in [2.45, 2.75) is 6.04 Å². The number of benzene rings is 1. The number of thiophene rings is 1. The van der Waals surface area contributed by atoms with Crippen LogP contribution in [0.15, 0.2) is 59.7 Å². The lowest BCUT2D eigenvalue weighted by molar-refractivity contribution is -0.132. The van der Waals surface area contributed by atoms with Gasteiger partial charge in [0.25, 0.3) is 5.78 Å². The molecule has 1 aliphatic heterocycles. The Bertz CT molecular complexity index is 1350. The highest BCUT2D eigenvalue weighted by atomic mass is 32.1. The maximum atomic E-state index is 13.2. The van der Waals surface area contributed by atoms with E-state index in [1.165, 1.54) is 42.8 Å². The molecular formula is C23H18N4O5S. The van der Waals surface area contributed by atoms with Gasteiger partial charge in [-0.2, -0.15) is 0 Å². The van der Waals surface area contributed by atoms with E-state index in [2.05, 4.69) is 15.0 Å². The normalized spacial score (nSPS) is 17.6. The zero-order valence-corrected chi connectivity index (χ0v) is 18.4. The van der Waals surface area contributed by atoms with E-state index in [1.807, 2.05) is 17.5 Å². The number of aliphatic hydroxyl groups is 1. The van der Waals surface area contributed by atoms with Crippen LogP contribution in [0, 0.1) is 0 Å². The highest BCUT2D eigenvalue weighted by Crippen LogP contribution is 2.43. The van der Waals surface area contributed by atoms with Gasteiger partial charge in [-0.15, -0.1) is 11.3 Å². The van der Waals surface area contributed by atoms with Crippen molar-refractivity contribution in [1.82, 2.24) is 15.0 Å². The Morgan fingerprint density at radius 3 is 2.52 bits per heavy atom. The fraction of sp³-hybridized carbons (Fsp3) is 0.130. The predicted octanol–water partition coefficient (Wildman–Crippen LogP) is 3.66. The minimum atomic E-state index is -0.845. The molecule has 1 saturated heterocycles. The van der Waals surface area contributed by atoms with E-state index in [-0.39, 0.29) is 17.3 Å². The number of Topliss-reactive ketones (excluding diaryl/α,β-unsaturated/α-hetero) is 1. The first-order valence-electron chi connectivity index (χ1n) is 9.90. The summed E-state index contributed by atoms with van der Waals surface area (Å²) in [7, 11) is 3.04. The number of ether oxygens (including phenoxy) is 2. The van der Waals surface area contributed by atoms with Crippen LogP contribution in [-0.4, -0.2) is 46.0 Å². The molecule has 4 heterocycles. The molecule has 9 nitrogen and oxygen atoms in total. The van der Waals surface area contributed by atoms with Crippen molar-refractivity contribution in [3.8, 4) is 11.5 Å². The topological polar surface area (TPSA) is 118 Å².